The van der Waals surface area contributed by atoms with Gasteiger partial charge in [0.25, 0.3) is 0 Å². The summed E-state index contributed by atoms with van der Waals surface area (Å²) in [6.45, 7) is 17.4. The molecule has 0 aromatic heterocycles. The monoisotopic (exact) mass is 500 g/mol. The molecule has 0 unspecified atom stereocenters. The van der Waals surface area contributed by atoms with Gasteiger partial charge in [0, 0.05) is 0 Å². The molecule has 0 nitrogen and oxygen atoms in total. The van der Waals surface area contributed by atoms with E-state index >= 15 is 0 Å². The first-order valence-electron chi connectivity index (χ1n) is 9.84. The molecular weight excluding hydrogens is 466 g/mol. The van der Waals surface area contributed by atoms with E-state index in [9.17, 15) is 0 Å². The Morgan fingerprint density at radius 3 is 1.48 bits per heavy atom. The molecule has 3 rings (SSSR count). The molecule has 0 saturated carbocycles. The van der Waals surface area contributed by atoms with Crippen LogP contribution < -0.4 is 0 Å². The first kappa shape index (κ1) is 25.2. The fourth-order valence-electron chi connectivity index (χ4n) is 5.35. The van der Waals surface area contributed by atoms with Gasteiger partial charge in [0.05, 0.1) is 0 Å². The van der Waals surface area contributed by atoms with Crippen LogP contribution in [0.25, 0.3) is 0 Å². The second-order valence-corrected chi connectivity index (χ2v) is 33.6. The molecule has 0 heterocycles. The molecule has 0 atom stereocenters. The van der Waals surface area contributed by atoms with Crippen LogP contribution in [0.3, 0.4) is 0 Å². The van der Waals surface area contributed by atoms with E-state index < -0.39 is 25.4 Å². The van der Waals surface area contributed by atoms with Crippen molar-refractivity contribution in [2.24, 2.45) is 5.41 Å². The van der Waals surface area contributed by atoms with Crippen molar-refractivity contribution in [2.45, 2.75) is 67.0 Å². The van der Waals surface area contributed by atoms with Crippen LogP contribution in [0.1, 0.15) is 53.9 Å². The minimum atomic E-state index is -2.80. The summed E-state index contributed by atoms with van der Waals surface area (Å²) in [5.74, 6) is -0.852. The predicted octanol–water partition coefficient (Wildman–Crippen LogP) is 7.70. The molecule has 27 heavy (non-hydrogen) atoms. The third-order valence-electron chi connectivity index (χ3n) is 6.37. The van der Waals surface area contributed by atoms with Gasteiger partial charge in [0.15, 0.2) is 0 Å². The molecule has 3 aliphatic rings. The maximum absolute atomic E-state index is 2.80. The maximum atomic E-state index is 2.67. The van der Waals surface area contributed by atoms with Gasteiger partial charge >= 0.3 is 161 Å². The minimum absolute atomic E-state index is 0. The molecule has 0 fully saturated rings. The summed E-state index contributed by atoms with van der Waals surface area (Å²) in [6, 6.07) is 0. The van der Waals surface area contributed by atoms with Crippen LogP contribution in [0.15, 0.2) is 63.0 Å². The number of halogens is 2. The summed E-state index contributed by atoms with van der Waals surface area (Å²) >= 11 is -2.80. The van der Waals surface area contributed by atoms with Gasteiger partial charge in [-0.15, -0.1) is 24.8 Å². The first-order valence-corrected chi connectivity index (χ1v) is 20.7. The fourth-order valence-corrected chi connectivity index (χ4v) is 40.1. The zero-order chi connectivity index (χ0) is 18.4. The third-order valence-corrected chi connectivity index (χ3v) is 38.2. The third kappa shape index (κ3) is 4.20. The Hall–Kier alpha value is 0.120. The molecule has 0 amide bonds. The van der Waals surface area contributed by atoms with Gasteiger partial charge in [-0.2, -0.15) is 0 Å². The van der Waals surface area contributed by atoms with Gasteiger partial charge in [-0.3, -0.25) is 0 Å². The zero-order valence-corrected chi connectivity index (χ0v) is 23.2. The zero-order valence-electron chi connectivity index (χ0n) is 18.0. The van der Waals surface area contributed by atoms with E-state index in [1.807, 2.05) is 9.84 Å². The molecule has 4 heteroatoms. The molecular formula is C23H36Cl2SiZr. The predicted molar refractivity (Wildman–Crippen MR) is 127 cm³/mol. The Balaban J connectivity index is 0.00000182. The summed E-state index contributed by atoms with van der Waals surface area (Å²) in [7, 11) is 0. The molecule has 0 radical (unpaired) electrons. The minimum Gasteiger partial charge on any atom is -0.147 e. The summed E-state index contributed by atoms with van der Waals surface area (Å²) < 4.78 is 5.75. The van der Waals surface area contributed by atoms with Crippen molar-refractivity contribution in [1.29, 1.82) is 0 Å². The van der Waals surface area contributed by atoms with Crippen molar-refractivity contribution in [3.63, 3.8) is 0 Å². The van der Waals surface area contributed by atoms with Crippen LogP contribution >= 0.6 is 24.8 Å². The van der Waals surface area contributed by atoms with Gasteiger partial charge < -0.3 is 0 Å². The Bertz CT molecular complexity index is 735. The number of rotatable bonds is 4. The fraction of sp³-hybridized carbons (Fsp3) is 0.478. The summed E-state index contributed by atoms with van der Waals surface area (Å²) in [4.78, 5) is 0. The largest absolute Gasteiger partial charge is 0.147 e. The molecule has 0 saturated heterocycles. The summed E-state index contributed by atoms with van der Waals surface area (Å²) in [6.07, 6.45) is 18.3. The number of allylic oxidation sites excluding steroid dienone is 12. The molecule has 0 spiro atoms. The molecule has 150 valence electrons. The van der Waals surface area contributed by atoms with E-state index in [4.69, 9.17) is 0 Å². The molecule has 0 aromatic carbocycles. The van der Waals surface area contributed by atoms with Gasteiger partial charge in [0.1, 0.15) is 0 Å². The second-order valence-electron chi connectivity index (χ2n) is 9.25. The van der Waals surface area contributed by atoms with Crippen LogP contribution in [-0.2, 0) is 19.4 Å². The average Bonchev–Trinajstić information content (AvgIpc) is 3.22. The SMILES string of the molecule is CC1=[C]([Zr]([C]2=C(C)C=CC2)([C]2=C(C(C)(C)C)C=CC2)[SiH](C)C)CC=C1.Cl.Cl. The standard InChI is InChI=1S/C9H13.2C6H7.C2H7Si.2ClH.Zr/c1-9(2,3)8-6-4-5-7-8;2*1-6-4-2-3-5-6;1-3-2;;;/h4,6H,5H2,1-3H3;2*2,4H,3H2,1H3;3H,1-2H3;2*1H;. The maximum Gasteiger partial charge on any atom is -0.147 e. The van der Waals surface area contributed by atoms with Crippen molar-refractivity contribution in [3.05, 3.63) is 63.0 Å². The van der Waals surface area contributed by atoms with Gasteiger partial charge in [-0.25, -0.2) is 0 Å². The van der Waals surface area contributed by atoms with Crippen LogP contribution in [0.2, 0.25) is 13.1 Å². The second kappa shape index (κ2) is 9.29. The van der Waals surface area contributed by atoms with Crippen molar-refractivity contribution >= 4 is 30.7 Å². The van der Waals surface area contributed by atoms with Gasteiger partial charge in [-0.1, -0.05) is 0 Å². The van der Waals surface area contributed by atoms with Crippen molar-refractivity contribution in [1.82, 2.24) is 0 Å². The Kier molecular flexibility index (Phi) is 8.66. The van der Waals surface area contributed by atoms with Crippen molar-refractivity contribution in [2.75, 3.05) is 0 Å². The number of hydrogen-bond acceptors (Lipinski definition) is 0. The van der Waals surface area contributed by atoms with Crippen molar-refractivity contribution < 1.29 is 19.4 Å². The van der Waals surface area contributed by atoms with Crippen molar-refractivity contribution in [3.8, 4) is 0 Å². The normalized spacial score (nSPS) is 19.6. The van der Waals surface area contributed by atoms with E-state index in [2.05, 4.69) is 84.2 Å². The quantitative estimate of drug-likeness (QED) is 0.346. The Morgan fingerprint density at radius 2 is 1.15 bits per heavy atom. The van der Waals surface area contributed by atoms with Crippen LogP contribution in [-0.4, -0.2) is 5.92 Å². The molecule has 0 aromatic rings. The van der Waals surface area contributed by atoms with Gasteiger partial charge in [-0.05, 0) is 0 Å². The molecule has 0 aliphatic heterocycles. The Morgan fingerprint density at radius 1 is 0.741 bits per heavy atom. The van der Waals surface area contributed by atoms with Gasteiger partial charge in [0.2, 0.25) is 0 Å². The molecule has 0 N–H and O–H groups in total. The topological polar surface area (TPSA) is 0 Å². The van der Waals surface area contributed by atoms with Crippen LogP contribution in [0, 0.1) is 5.41 Å². The van der Waals surface area contributed by atoms with E-state index in [0.717, 1.165) is 0 Å². The van der Waals surface area contributed by atoms with Crippen LogP contribution in [0.4, 0.5) is 0 Å². The smallest absolute Gasteiger partial charge is 0.147 e. The van der Waals surface area contributed by atoms with E-state index in [0.29, 0.717) is 0 Å². The van der Waals surface area contributed by atoms with Crippen LogP contribution in [0.5, 0.6) is 0 Å². The summed E-state index contributed by atoms with van der Waals surface area (Å²) in [5.41, 5.74) is 5.16. The summed E-state index contributed by atoms with van der Waals surface area (Å²) in [5, 5.41) is 0. The van der Waals surface area contributed by atoms with E-state index in [1.165, 1.54) is 19.3 Å². The number of hydrogen-bond donors (Lipinski definition) is 0. The van der Waals surface area contributed by atoms with E-state index in [-0.39, 0.29) is 30.2 Å². The molecule has 3 aliphatic carbocycles. The van der Waals surface area contributed by atoms with E-state index in [1.54, 1.807) is 16.7 Å². The Labute approximate surface area is 184 Å². The molecule has 0 bridgehead atoms. The first-order chi connectivity index (χ1) is 11.7. The average molecular weight is 503 g/mol.